The lowest BCUT2D eigenvalue weighted by molar-refractivity contribution is 0.284. The first-order chi connectivity index (χ1) is 10.4. The Hall–Kier alpha value is -1.80. The van der Waals surface area contributed by atoms with E-state index in [1.807, 2.05) is 4.90 Å². The van der Waals surface area contributed by atoms with E-state index in [1.165, 1.54) is 12.3 Å². The normalized spacial score (nSPS) is 18.5. The minimum atomic E-state index is -2.92. The number of nitrogens with zero attached hydrogens (tertiary/aromatic N) is 2. The highest BCUT2D eigenvalue weighted by Gasteiger charge is 2.22. The van der Waals surface area contributed by atoms with E-state index in [2.05, 4.69) is 4.98 Å². The van der Waals surface area contributed by atoms with Crippen LogP contribution in [0, 0.1) is 11.6 Å². The molecule has 118 valence electrons. The summed E-state index contributed by atoms with van der Waals surface area (Å²) in [7, 11) is -2.92. The molecular formula is C14H14F2N2O3S. The number of benzene rings is 1. The Balaban J connectivity index is 1.70. The molecule has 0 bridgehead atoms. The summed E-state index contributed by atoms with van der Waals surface area (Å²) < 4.78 is 54.1. The van der Waals surface area contributed by atoms with Gasteiger partial charge in [-0.1, -0.05) is 0 Å². The van der Waals surface area contributed by atoms with Gasteiger partial charge in [-0.25, -0.2) is 22.2 Å². The summed E-state index contributed by atoms with van der Waals surface area (Å²) in [6.45, 7) is 1.37. The number of rotatable bonds is 3. The Morgan fingerprint density at radius 2 is 1.91 bits per heavy atom. The van der Waals surface area contributed by atoms with Gasteiger partial charge in [0.15, 0.2) is 21.5 Å². The fourth-order valence-electron chi connectivity index (χ4n) is 2.28. The fourth-order valence-corrected chi connectivity index (χ4v) is 3.56. The minimum absolute atomic E-state index is 0.140. The molecule has 1 saturated heterocycles. The Labute approximate surface area is 126 Å². The number of hydrogen-bond donors (Lipinski definition) is 0. The number of sulfone groups is 1. The number of aromatic nitrogens is 1. The molecule has 2 aromatic rings. The van der Waals surface area contributed by atoms with Crippen molar-refractivity contribution in [3.8, 4) is 11.5 Å². The van der Waals surface area contributed by atoms with Crippen molar-refractivity contribution in [3.63, 3.8) is 0 Å². The van der Waals surface area contributed by atoms with Crippen molar-refractivity contribution in [1.29, 1.82) is 0 Å². The van der Waals surface area contributed by atoms with Crippen molar-refractivity contribution in [2.24, 2.45) is 0 Å². The van der Waals surface area contributed by atoms with E-state index in [9.17, 15) is 17.2 Å². The lowest BCUT2D eigenvalue weighted by Gasteiger charge is -2.25. The second kappa shape index (κ2) is 5.77. The Morgan fingerprint density at radius 1 is 1.18 bits per heavy atom. The molecule has 0 saturated carbocycles. The molecule has 0 amide bonds. The Kier molecular flexibility index (Phi) is 3.96. The van der Waals surface area contributed by atoms with Crippen LogP contribution in [0.15, 0.2) is 28.9 Å². The zero-order chi connectivity index (χ0) is 15.7. The highest BCUT2D eigenvalue weighted by molar-refractivity contribution is 7.91. The van der Waals surface area contributed by atoms with E-state index in [1.54, 1.807) is 0 Å². The quantitative estimate of drug-likeness (QED) is 0.860. The summed E-state index contributed by atoms with van der Waals surface area (Å²) in [4.78, 5) is 6.20. The van der Waals surface area contributed by atoms with Gasteiger partial charge < -0.3 is 4.42 Å². The maximum Gasteiger partial charge on any atom is 0.226 e. The molecule has 1 aromatic heterocycles. The first-order valence-corrected chi connectivity index (χ1v) is 8.58. The molecule has 0 unspecified atom stereocenters. The summed E-state index contributed by atoms with van der Waals surface area (Å²) in [5.41, 5.74) is 0.977. The fraction of sp³-hybridized carbons (Fsp3) is 0.357. The number of halogens is 2. The van der Waals surface area contributed by atoms with Crippen LogP contribution in [0.1, 0.15) is 5.69 Å². The van der Waals surface area contributed by atoms with Crippen molar-refractivity contribution in [2.45, 2.75) is 6.54 Å². The molecule has 5 nitrogen and oxygen atoms in total. The summed E-state index contributed by atoms with van der Waals surface area (Å²) in [5, 5.41) is 0. The highest BCUT2D eigenvalue weighted by atomic mass is 32.2. The van der Waals surface area contributed by atoms with Gasteiger partial charge >= 0.3 is 0 Å². The molecule has 1 aliphatic heterocycles. The minimum Gasteiger partial charge on any atom is -0.444 e. The average molecular weight is 328 g/mol. The van der Waals surface area contributed by atoms with Gasteiger partial charge in [0.05, 0.1) is 17.2 Å². The Bertz CT molecular complexity index is 775. The predicted octanol–water partition coefficient (Wildman–Crippen LogP) is 1.85. The Morgan fingerprint density at radius 3 is 2.59 bits per heavy atom. The van der Waals surface area contributed by atoms with E-state index in [0.29, 0.717) is 30.9 Å². The first-order valence-electron chi connectivity index (χ1n) is 6.75. The molecule has 0 radical (unpaired) electrons. The standard InChI is InChI=1S/C14H14F2N2O3S/c15-12-2-1-10(7-13(12)16)14-17-11(9-21-14)8-18-3-5-22(19,20)6-4-18/h1-2,7,9H,3-6,8H2. The van der Waals surface area contributed by atoms with Crippen LogP contribution in [0.25, 0.3) is 11.5 Å². The van der Waals surface area contributed by atoms with Crippen LogP contribution in [0.4, 0.5) is 8.78 Å². The zero-order valence-electron chi connectivity index (χ0n) is 11.6. The van der Waals surface area contributed by atoms with Gasteiger partial charge in [0.1, 0.15) is 6.26 Å². The average Bonchev–Trinajstić information content (AvgIpc) is 2.93. The van der Waals surface area contributed by atoms with Crippen LogP contribution in [0.3, 0.4) is 0 Å². The first kappa shape index (κ1) is 15.1. The summed E-state index contributed by atoms with van der Waals surface area (Å²) in [5.74, 6) is -1.40. The van der Waals surface area contributed by atoms with Crippen LogP contribution < -0.4 is 0 Å². The maximum absolute atomic E-state index is 13.2. The molecule has 1 aromatic carbocycles. The van der Waals surface area contributed by atoms with Crippen molar-refractivity contribution >= 4 is 9.84 Å². The topological polar surface area (TPSA) is 63.4 Å². The number of hydrogen-bond acceptors (Lipinski definition) is 5. The molecular weight excluding hydrogens is 314 g/mol. The SMILES string of the molecule is O=S1(=O)CCN(Cc2coc(-c3ccc(F)c(F)c3)n2)CC1. The summed E-state index contributed by atoms with van der Waals surface area (Å²) in [6.07, 6.45) is 1.44. The number of oxazole rings is 1. The van der Waals surface area contributed by atoms with Crippen LogP contribution >= 0.6 is 0 Å². The maximum atomic E-state index is 13.2. The van der Waals surface area contributed by atoms with E-state index in [4.69, 9.17) is 4.42 Å². The van der Waals surface area contributed by atoms with Crippen LogP contribution in [0.2, 0.25) is 0 Å². The molecule has 0 spiro atoms. The van der Waals surface area contributed by atoms with Gasteiger partial charge in [0.25, 0.3) is 0 Å². The van der Waals surface area contributed by atoms with E-state index in [-0.39, 0.29) is 17.4 Å². The smallest absolute Gasteiger partial charge is 0.226 e. The molecule has 1 aliphatic rings. The summed E-state index contributed by atoms with van der Waals surface area (Å²) in [6, 6.07) is 3.43. The van der Waals surface area contributed by atoms with Gasteiger partial charge in [0.2, 0.25) is 5.89 Å². The largest absolute Gasteiger partial charge is 0.444 e. The molecule has 0 atom stereocenters. The molecule has 8 heteroatoms. The molecule has 22 heavy (non-hydrogen) atoms. The highest BCUT2D eigenvalue weighted by Crippen LogP contribution is 2.21. The van der Waals surface area contributed by atoms with Gasteiger partial charge in [-0.15, -0.1) is 0 Å². The van der Waals surface area contributed by atoms with Gasteiger partial charge in [-0.05, 0) is 18.2 Å². The lowest BCUT2D eigenvalue weighted by atomic mass is 10.2. The van der Waals surface area contributed by atoms with Crippen molar-refractivity contribution in [1.82, 2.24) is 9.88 Å². The lowest BCUT2D eigenvalue weighted by Crippen LogP contribution is -2.39. The van der Waals surface area contributed by atoms with E-state index in [0.717, 1.165) is 12.1 Å². The van der Waals surface area contributed by atoms with E-state index < -0.39 is 21.5 Å². The van der Waals surface area contributed by atoms with Gasteiger partial charge in [-0.2, -0.15) is 0 Å². The zero-order valence-corrected chi connectivity index (χ0v) is 12.4. The van der Waals surface area contributed by atoms with Gasteiger partial charge in [-0.3, -0.25) is 4.90 Å². The predicted molar refractivity (Wildman–Crippen MR) is 75.8 cm³/mol. The molecule has 3 rings (SSSR count). The molecule has 0 aliphatic carbocycles. The second-order valence-electron chi connectivity index (χ2n) is 5.20. The molecule has 1 fully saturated rings. The van der Waals surface area contributed by atoms with Crippen molar-refractivity contribution in [2.75, 3.05) is 24.6 Å². The summed E-state index contributed by atoms with van der Waals surface area (Å²) >= 11 is 0. The third-order valence-corrected chi connectivity index (χ3v) is 5.15. The van der Waals surface area contributed by atoms with Gasteiger partial charge in [0, 0.05) is 25.2 Å². The third kappa shape index (κ3) is 3.33. The second-order valence-corrected chi connectivity index (χ2v) is 7.50. The van der Waals surface area contributed by atoms with Crippen LogP contribution in [-0.2, 0) is 16.4 Å². The van der Waals surface area contributed by atoms with E-state index >= 15 is 0 Å². The van der Waals surface area contributed by atoms with Crippen molar-refractivity contribution < 1.29 is 21.6 Å². The van der Waals surface area contributed by atoms with Crippen molar-refractivity contribution in [3.05, 3.63) is 41.8 Å². The molecule has 2 heterocycles. The van der Waals surface area contributed by atoms with Crippen LogP contribution in [-0.4, -0.2) is 42.9 Å². The molecule has 0 N–H and O–H groups in total. The third-order valence-electron chi connectivity index (χ3n) is 3.54. The van der Waals surface area contributed by atoms with Crippen LogP contribution in [0.5, 0.6) is 0 Å². The monoisotopic (exact) mass is 328 g/mol.